The molecule has 0 spiro atoms. The highest BCUT2D eigenvalue weighted by atomic mass is 32.2. The van der Waals surface area contributed by atoms with Gasteiger partial charge in [0.1, 0.15) is 36.3 Å². The van der Waals surface area contributed by atoms with Crippen molar-refractivity contribution in [2.24, 2.45) is 17.2 Å². The molecule has 0 aromatic rings. The molecule has 8 atom stereocenters. The van der Waals surface area contributed by atoms with E-state index >= 15 is 0 Å². The maximum Gasteiger partial charge on any atom is 0.326 e. The standard InChI is InChI=1S/C31H54N10O15S/c1-14(44)24(41-29(53)20(13-43)39-25(49)15(33)9-23(47)48)30(54)37-16(5-3-4-7-32)27(51)40-19(12-42)26(50)35-11-22(46)36-18(10-21(34)45)28(52)38-17(31(55)56)6-8-57-2/h14-20,24,42-44H,3-13,32-33H2,1-2H3,(H2,34,45)(H,35,50)(H,36,46)(H,37,54)(H,38,52)(H,39,49)(H,40,51)(H,41,53)(H,47,48)(H,55,56)/t14-,15+,16+,17+,18+,19+,20+,24+/m1/s1. The molecule has 0 heterocycles. The fourth-order valence-electron chi connectivity index (χ4n) is 4.61. The highest BCUT2D eigenvalue weighted by molar-refractivity contribution is 7.98. The number of hydrogen-bond acceptors (Lipinski definition) is 16. The minimum atomic E-state index is -1.80. The van der Waals surface area contributed by atoms with Gasteiger partial charge >= 0.3 is 11.9 Å². The first-order chi connectivity index (χ1) is 26.7. The van der Waals surface area contributed by atoms with Crippen molar-refractivity contribution in [2.45, 2.75) is 93.8 Å². The first-order valence-corrected chi connectivity index (χ1v) is 18.8. The Morgan fingerprint density at radius 2 is 1.18 bits per heavy atom. The molecule has 0 saturated carbocycles. The number of primary amides is 1. The van der Waals surface area contributed by atoms with Gasteiger partial charge in [0.2, 0.25) is 47.3 Å². The number of nitrogens with one attached hydrogen (secondary N) is 7. The Balaban J connectivity index is 5.75. The SMILES string of the molecule is CSCC[C@H](NC(=O)[C@H](CC(N)=O)NC(=O)CNC(=O)[C@H](CO)NC(=O)[C@H](CCCCN)NC(=O)[C@@H](NC(=O)[C@H](CO)NC(=O)[C@@H](N)CC(=O)O)[C@@H](C)O)C(=O)O. The lowest BCUT2D eigenvalue weighted by Gasteiger charge is -2.27. The second-order valence-corrected chi connectivity index (χ2v) is 13.4. The zero-order valence-corrected chi connectivity index (χ0v) is 32.2. The zero-order chi connectivity index (χ0) is 43.8. The lowest BCUT2D eigenvalue weighted by molar-refractivity contribution is -0.142. The lowest BCUT2D eigenvalue weighted by atomic mass is 10.1. The number of aliphatic carboxylic acids is 2. The van der Waals surface area contributed by atoms with Crippen LogP contribution in [0.4, 0.5) is 0 Å². The number of aliphatic hydroxyl groups is 3. The van der Waals surface area contributed by atoms with Crippen molar-refractivity contribution >= 4 is 71.0 Å². The highest BCUT2D eigenvalue weighted by Crippen LogP contribution is 2.06. The molecule has 25 nitrogen and oxygen atoms in total. The van der Waals surface area contributed by atoms with Crippen LogP contribution in [-0.2, 0) is 47.9 Å². The van der Waals surface area contributed by atoms with Gasteiger partial charge in [0, 0.05) is 0 Å². The molecule has 0 aliphatic heterocycles. The molecule has 0 aromatic heterocycles. The summed E-state index contributed by atoms with van der Waals surface area (Å²) in [5, 5.41) is 63.1. The van der Waals surface area contributed by atoms with Gasteiger partial charge in [0.05, 0.1) is 44.7 Å². The van der Waals surface area contributed by atoms with E-state index in [0.29, 0.717) is 12.2 Å². The molecule has 18 N–H and O–H groups in total. The summed E-state index contributed by atoms with van der Waals surface area (Å²) in [5.74, 6) is -11.2. The van der Waals surface area contributed by atoms with Crippen LogP contribution in [0.3, 0.4) is 0 Å². The molecule has 0 unspecified atom stereocenters. The van der Waals surface area contributed by atoms with Crippen molar-refractivity contribution in [3.05, 3.63) is 0 Å². The number of hydrogen-bond donors (Lipinski definition) is 15. The molecule has 0 bridgehead atoms. The number of carboxylic acids is 2. The number of carbonyl (C=O) groups excluding carboxylic acids is 8. The van der Waals surface area contributed by atoms with E-state index in [9.17, 15) is 68.4 Å². The molecular formula is C31H54N10O15S. The molecule has 26 heteroatoms. The van der Waals surface area contributed by atoms with Crippen molar-refractivity contribution in [1.29, 1.82) is 0 Å². The second kappa shape index (κ2) is 27.4. The number of rotatable bonds is 29. The topological polar surface area (TPSA) is 434 Å². The van der Waals surface area contributed by atoms with Gasteiger partial charge in [-0.2, -0.15) is 11.8 Å². The number of thioether (sulfide) groups is 1. The quantitative estimate of drug-likeness (QED) is 0.0311. The number of aliphatic hydroxyl groups excluding tert-OH is 3. The smallest absolute Gasteiger partial charge is 0.326 e. The van der Waals surface area contributed by atoms with Gasteiger partial charge in [-0.1, -0.05) is 0 Å². The van der Waals surface area contributed by atoms with E-state index in [1.807, 2.05) is 5.32 Å². The van der Waals surface area contributed by atoms with Crippen LogP contribution in [0.25, 0.3) is 0 Å². The number of carboxylic acid groups (broad SMARTS) is 2. The lowest BCUT2D eigenvalue weighted by Crippen LogP contribution is -2.62. The Labute approximate surface area is 330 Å². The molecule has 0 radical (unpaired) electrons. The summed E-state index contributed by atoms with van der Waals surface area (Å²) < 4.78 is 0. The molecule has 0 aliphatic carbocycles. The number of amides is 8. The van der Waals surface area contributed by atoms with Crippen LogP contribution in [0.5, 0.6) is 0 Å². The first-order valence-electron chi connectivity index (χ1n) is 17.4. The van der Waals surface area contributed by atoms with Crippen molar-refractivity contribution in [3.8, 4) is 0 Å². The van der Waals surface area contributed by atoms with E-state index in [2.05, 4.69) is 31.9 Å². The summed E-state index contributed by atoms with van der Waals surface area (Å²) in [4.78, 5) is 124. The van der Waals surface area contributed by atoms with Crippen molar-refractivity contribution < 1.29 is 73.5 Å². The van der Waals surface area contributed by atoms with Crippen LogP contribution in [0, 0.1) is 0 Å². The van der Waals surface area contributed by atoms with Crippen LogP contribution in [0.15, 0.2) is 0 Å². The van der Waals surface area contributed by atoms with Gasteiger partial charge < -0.3 is 80.0 Å². The van der Waals surface area contributed by atoms with Crippen LogP contribution < -0.4 is 54.4 Å². The molecule has 57 heavy (non-hydrogen) atoms. The summed E-state index contributed by atoms with van der Waals surface area (Å²) in [5.41, 5.74) is 16.2. The Kier molecular flexibility index (Phi) is 25.0. The molecular weight excluding hydrogens is 784 g/mol. The largest absolute Gasteiger partial charge is 0.481 e. The van der Waals surface area contributed by atoms with E-state index in [1.54, 1.807) is 6.26 Å². The van der Waals surface area contributed by atoms with Crippen LogP contribution >= 0.6 is 11.8 Å². The van der Waals surface area contributed by atoms with Gasteiger partial charge in [-0.05, 0) is 51.2 Å². The van der Waals surface area contributed by atoms with Gasteiger partial charge in [0.15, 0.2) is 0 Å². The van der Waals surface area contributed by atoms with Gasteiger partial charge in [0.25, 0.3) is 0 Å². The third-order valence-electron chi connectivity index (χ3n) is 7.71. The predicted octanol–water partition coefficient (Wildman–Crippen LogP) is -7.98. The molecule has 0 aliphatic rings. The maximum atomic E-state index is 13.3. The first kappa shape index (κ1) is 51.9. The van der Waals surface area contributed by atoms with Crippen LogP contribution in [0.2, 0.25) is 0 Å². The van der Waals surface area contributed by atoms with E-state index in [1.165, 1.54) is 11.8 Å². The van der Waals surface area contributed by atoms with E-state index < -0.39 is 140 Å². The van der Waals surface area contributed by atoms with Crippen LogP contribution in [-0.4, -0.2) is 171 Å². The Bertz CT molecular complexity index is 1420. The summed E-state index contributed by atoms with van der Waals surface area (Å²) in [6.07, 6.45) is -0.947. The highest BCUT2D eigenvalue weighted by Gasteiger charge is 2.34. The number of unbranched alkanes of at least 4 members (excludes halogenated alkanes) is 1. The monoisotopic (exact) mass is 838 g/mol. The third kappa shape index (κ3) is 20.5. The zero-order valence-electron chi connectivity index (χ0n) is 31.4. The van der Waals surface area contributed by atoms with Crippen LogP contribution in [0.1, 0.15) is 45.4 Å². The Hall–Kier alpha value is -5.15. The Morgan fingerprint density at radius 3 is 1.68 bits per heavy atom. The molecule has 0 rings (SSSR count). The normalized spacial score (nSPS) is 15.1. The molecule has 324 valence electrons. The van der Waals surface area contributed by atoms with Crippen molar-refractivity contribution in [2.75, 3.05) is 38.3 Å². The van der Waals surface area contributed by atoms with Gasteiger partial charge in [-0.15, -0.1) is 0 Å². The van der Waals surface area contributed by atoms with Gasteiger partial charge in [-0.3, -0.25) is 43.2 Å². The molecule has 8 amide bonds. The fraction of sp³-hybridized carbons (Fsp3) is 0.677. The fourth-order valence-corrected chi connectivity index (χ4v) is 5.09. The Morgan fingerprint density at radius 1 is 0.649 bits per heavy atom. The average molecular weight is 839 g/mol. The van der Waals surface area contributed by atoms with E-state index in [-0.39, 0.29) is 25.8 Å². The van der Waals surface area contributed by atoms with Crippen molar-refractivity contribution in [3.63, 3.8) is 0 Å². The molecule has 0 aromatic carbocycles. The van der Waals surface area contributed by atoms with Crippen molar-refractivity contribution in [1.82, 2.24) is 37.2 Å². The minimum Gasteiger partial charge on any atom is -0.481 e. The minimum absolute atomic E-state index is 0.0275. The molecule has 0 saturated heterocycles. The second-order valence-electron chi connectivity index (χ2n) is 12.5. The third-order valence-corrected chi connectivity index (χ3v) is 8.35. The number of carbonyl (C=O) groups is 10. The predicted molar refractivity (Wildman–Crippen MR) is 198 cm³/mol. The summed E-state index contributed by atoms with van der Waals surface area (Å²) >= 11 is 1.32. The maximum absolute atomic E-state index is 13.3. The average Bonchev–Trinajstić information content (AvgIpc) is 3.13. The number of nitrogens with two attached hydrogens (primary N) is 3. The van der Waals surface area contributed by atoms with Gasteiger partial charge in [-0.25, -0.2) is 4.79 Å². The molecule has 0 fully saturated rings. The van der Waals surface area contributed by atoms with E-state index in [4.69, 9.17) is 22.3 Å². The summed E-state index contributed by atoms with van der Waals surface area (Å²) in [6, 6.07) is -11.3. The van der Waals surface area contributed by atoms with E-state index in [0.717, 1.165) is 6.92 Å². The summed E-state index contributed by atoms with van der Waals surface area (Å²) in [7, 11) is 0. The summed E-state index contributed by atoms with van der Waals surface area (Å²) in [6.45, 7) is -1.65.